The van der Waals surface area contributed by atoms with Crippen LogP contribution < -0.4 is 5.73 Å². The average Bonchev–Trinajstić information content (AvgIpc) is 2.62. The van der Waals surface area contributed by atoms with Crippen LogP contribution in [0.2, 0.25) is 0 Å². The molecule has 2 saturated heterocycles. The quantitative estimate of drug-likeness (QED) is 0.849. The molecule has 138 valence electrons. The smallest absolute Gasteiger partial charge is 0.242 e. The summed E-state index contributed by atoms with van der Waals surface area (Å²) in [7, 11) is 2.21. The lowest BCUT2D eigenvalue weighted by Gasteiger charge is -2.45. The number of carbonyl (C=O) groups excluding carboxylic acids is 1. The minimum absolute atomic E-state index is 0.192. The molecule has 3 fully saturated rings. The Kier molecular flexibility index (Phi) is 5.83. The van der Waals surface area contributed by atoms with Gasteiger partial charge in [-0.05, 0) is 58.7 Å². The van der Waals surface area contributed by atoms with Crippen molar-refractivity contribution in [2.75, 3.05) is 46.3 Å². The van der Waals surface area contributed by atoms with E-state index in [0.29, 0.717) is 12.0 Å². The summed E-state index contributed by atoms with van der Waals surface area (Å²) >= 11 is 0. The molecule has 0 unspecified atom stereocenters. The summed E-state index contributed by atoms with van der Waals surface area (Å²) in [6, 6.07) is 0.709. The van der Waals surface area contributed by atoms with Gasteiger partial charge in [-0.1, -0.05) is 19.3 Å². The first kappa shape index (κ1) is 18.2. The number of nitrogens with two attached hydrogens (primary N) is 1. The molecule has 1 aliphatic carbocycles. The van der Waals surface area contributed by atoms with Crippen LogP contribution in [0, 0.1) is 5.92 Å². The van der Waals surface area contributed by atoms with Gasteiger partial charge in [-0.25, -0.2) is 0 Å². The number of hydrogen-bond donors (Lipinski definition) is 1. The van der Waals surface area contributed by atoms with Crippen LogP contribution in [-0.4, -0.2) is 78.5 Å². The third kappa shape index (κ3) is 3.94. The van der Waals surface area contributed by atoms with Crippen LogP contribution in [0.3, 0.4) is 0 Å². The molecule has 5 heteroatoms. The van der Waals surface area contributed by atoms with E-state index < -0.39 is 5.54 Å². The van der Waals surface area contributed by atoms with Crippen molar-refractivity contribution in [1.29, 1.82) is 0 Å². The Morgan fingerprint density at radius 2 is 1.50 bits per heavy atom. The fraction of sp³-hybridized carbons (Fsp3) is 0.947. The molecule has 0 aromatic rings. The molecule has 3 rings (SSSR count). The van der Waals surface area contributed by atoms with Crippen LogP contribution in [0.15, 0.2) is 0 Å². The largest absolute Gasteiger partial charge is 0.339 e. The van der Waals surface area contributed by atoms with Crippen molar-refractivity contribution in [3.63, 3.8) is 0 Å². The van der Waals surface area contributed by atoms with Crippen LogP contribution >= 0.6 is 0 Å². The molecule has 0 radical (unpaired) electrons. The number of piperidine rings is 1. The lowest BCUT2D eigenvalue weighted by Crippen LogP contribution is -2.62. The molecular weight excluding hydrogens is 300 g/mol. The van der Waals surface area contributed by atoms with Gasteiger partial charge in [0.2, 0.25) is 5.91 Å². The van der Waals surface area contributed by atoms with Crippen molar-refractivity contribution < 1.29 is 4.79 Å². The third-order valence-electron chi connectivity index (χ3n) is 6.72. The van der Waals surface area contributed by atoms with E-state index in [1.54, 1.807) is 0 Å². The molecule has 0 aromatic carbocycles. The number of piperazine rings is 1. The molecule has 3 aliphatic rings. The maximum Gasteiger partial charge on any atom is 0.242 e. The van der Waals surface area contributed by atoms with Crippen LogP contribution in [-0.2, 0) is 4.79 Å². The first-order valence-electron chi connectivity index (χ1n) is 9.99. The molecule has 0 aromatic heterocycles. The van der Waals surface area contributed by atoms with Gasteiger partial charge in [0.25, 0.3) is 0 Å². The third-order valence-corrected chi connectivity index (χ3v) is 6.72. The minimum Gasteiger partial charge on any atom is -0.339 e. The van der Waals surface area contributed by atoms with Gasteiger partial charge < -0.3 is 15.5 Å². The molecule has 1 atom stereocenters. The van der Waals surface area contributed by atoms with Gasteiger partial charge >= 0.3 is 0 Å². The molecule has 1 amide bonds. The van der Waals surface area contributed by atoms with Crippen molar-refractivity contribution in [3.8, 4) is 0 Å². The standard InChI is InChI=1S/C19H36N4O/c1-19(20,16-6-4-3-5-7-16)18(24)23-14-12-22(13-15-23)17-8-10-21(2)11-9-17/h16-17H,3-15,20H2,1-2H3/t19-/m1/s1. The van der Waals surface area contributed by atoms with E-state index in [0.717, 1.165) is 39.0 Å². The highest BCUT2D eigenvalue weighted by Gasteiger charge is 2.41. The van der Waals surface area contributed by atoms with E-state index in [4.69, 9.17) is 5.73 Å². The molecule has 0 spiro atoms. The van der Waals surface area contributed by atoms with Gasteiger partial charge in [-0.2, -0.15) is 0 Å². The Labute approximate surface area is 147 Å². The highest BCUT2D eigenvalue weighted by molar-refractivity contribution is 5.86. The van der Waals surface area contributed by atoms with Gasteiger partial charge in [0.05, 0.1) is 5.54 Å². The van der Waals surface area contributed by atoms with Crippen molar-refractivity contribution in [2.45, 2.75) is 63.5 Å². The number of carbonyl (C=O) groups is 1. The summed E-state index contributed by atoms with van der Waals surface area (Å²) in [5.74, 6) is 0.558. The maximum absolute atomic E-state index is 13.0. The van der Waals surface area contributed by atoms with E-state index in [1.165, 1.54) is 45.2 Å². The maximum atomic E-state index is 13.0. The number of rotatable bonds is 3. The van der Waals surface area contributed by atoms with Crippen molar-refractivity contribution in [3.05, 3.63) is 0 Å². The highest BCUT2D eigenvalue weighted by Crippen LogP contribution is 2.32. The van der Waals surface area contributed by atoms with Crippen molar-refractivity contribution >= 4 is 5.91 Å². The van der Waals surface area contributed by atoms with Crippen LogP contribution in [0.4, 0.5) is 0 Å². The van der Waals surface area contributed by atoms with E-state index in [1.807, 2.05) is 11.8 Å². The normalized spacial score (nSPS) is 28.7. The Morgan fingerprint density at radius 3 is 2.08 bits per heavy atom. The Bertz CT molecular complexity index is 417. The lowest BCUT2D eigenvalue weighted by molar-refractivity contribution is -0.141. The summed E-state index contributed by atoms with van der Waals surface area (Å²) < 4.78 is 0. The first-order valence-corrected chi connectivity index (χ1v) is 9.99. The fourth-order valence-electron chi connectivity index (χ4n) is 4.87. The second kappa shape index (κ2) is 7.71. The molecule has 0 bridgehead atoms. The zero-order valence-electron chi connectivity index (χ0n) is 15.7. The highest BCUT2D eigenvalue weighted by atomic mass is 16.2. The molecule has 1 saturated carbocycles. The van der Waals surface area contributed by atoms with Gasteiger partial charge in [0, 0.05) is 32.2 Å². The molecule has 2 N–H and O–H groups in total. The molecule has 5 nitrogen and oxygen atoms in total. The van der Waals surface area contributed by atoms with Crippen LogP contribution in [0.1, 0.15) is 51.9 Å². The van der Waals surface area contributed by atoms with Crippen LogP contribution in [0.5, 0.6) is 0 Å². The summed E-state index contributed by atoms with van der Waals surface area (Å²) in [5, 5.41) is 0. The lowest BCUT2D eigenvalue weighted by atomic mass is 9.75. The van der Waals surface area contributed by atoms with E-state index in [-0.39, 0.29) is 5.91 Å². The topological polar surface area (TPSA) is 52.8 Å². The molecule has 2 heterocycles. The van der Waals surface area contributed by atoms with E-state index in [9.17, 15) is 4.79 Å². The average molecular weight is 337 g/mol. The zero-order chi connectivity index (χ0) is 17.2. The predicted molar refractivity (Wildman–Crippen MR) is 97.8 cm³/mol. The van der Waals surface area contributed by atoms with Crippen LogP contribution in [0.25, 0.3) is 0 Å². The molecule has 24 heavy (non-hydrogen) atoms. The minimum atomic E-state index is -0.670. The molecular formula is C19H36N4O. The first-order chi connectivity index (χ1) is 11.5. The number of amides is 1. The summed E-state index contributed by atoms with van der Waals surface area (Å²) in [6.45, 7) is 8.12. The molecule has 2 aliphatic heterocycles. The van der Waals surface area contributed by atoms with Crippen molar-refractivity contribution in [1.82, 2.24) is 14.7 Å². The Morgan fingerprint density at radius 1 is 0.917 bits per heavy atom. The zero-order valence-corrected chi connectivity index (χ0v) is 15.7. The summed E-state index contributed by atoms with van der Waals surface area (Å²) in [4.78, 5) is 20.1. The van der Waals surface area contributed by atoms with Gasteiger partial charge in [0.15, 0.2) is 0 Å². The van der Waals surface area contributed by atoms with Gasteiger partial charge in [-0.15, -0.1) is 0 Å². The number of hydrogen-bond acceptors (Lipinski definition) is 4. The SMILES string of the molecule is CN1CCC(N2CCN(C(=O)[C@](C)(N)C3CCCCC3)CC2)CC1. The monoisotopic (exact) mass is 336 g/mol. The van der Waals surface area contributed by atoms with E-state index in [2.05, 4.69) is 16.8 Å². The summed E-state index contributed by atoms with van der Waals surface area (Å²) in [6.07, 6.45) is 8.53. The van der Waals surface area contributed by atoms with Crippen molar-refractivity contribution in [2.24, 2.45) is 11.7 Å². The van der Waals surface area contributed by atoms with Gasteiger partial charge in [0.1, 0.15) is 0 Å². The second-order valence-corrected chi connectivity index (χ2v) is 8.48. The summed E-state index contributed by atoms with van der Waals surface area (Å²) in [5.41, 5.74) is 5.88. The number of likely N-dealkylation sites (tertiary alicyclic amines) is 1. The Balaban J connectivity index is 1.51. The number of nitrogens with zero attached hydrogens (tertiary/aromatic N) is 3. The second-order valence-electron chi connectivity index (χ2n) is 8.48. The predicted octanol–water partition coefficient (Wildman–Crippen LogP) is 1.52. The van der Waals surface area contributed by atoms with Gasteiger partial charge in [-0.3, -0.25) is 9.69 Å². The Hall–Kier alpha value is -0.650. The van der Waals surface area contributed by atoms with E-state index >= 15 is 0 Å². The fourth-order valence-corrected chi connectivity index (χ4v) is 4.87.